The molecule has 0 aliphatic heterocycles. The lowest BCUT2D eigenvalue weighted by Gasteiger charge is -2.14. The number of hydrogen-bond acceptors (Lipinski definition) is 5. The highest BCUT2D eigenvalue weighted by molar-refractivity contribution is 5.93. The number of hydrogen-bond donors (Lipinski definition) is 3. The molecule has 2 aromatic rings. The van der Waals surface area contributed by atoms with E-state index in [0.717, 1.165) is 5.56 Å². The van der Waals surface area contributed by atoms with Crippen LogP contribution in [-0.2, 0) is 6.54 Å². The Bertz CT molecular complexity index is 765. The first-order chi connectivity index (χ1) is 13.2. The molecule has 0 bridgehead atoms. The minimum Gasteiger partial charge on any atom is -0.493 e. The number of amides is 1. The third kappa shape index (κ3) is 6.18. The van der Waals surface area contributed by atoms with Crippen LogP contribution in [0.4, 0.5) is 0 Å². The third-order valence-electron chi connectivity index (χ3n) is 3.76. The van der Waals surface area contributed by atoms with Crippen molar-refractivity contribution < 1.29 is 14.3 Å². The number of rotatable bonds is 8. The molecule has 0 aliphatic rings. The summed E-state index contributed by atoms with van der Waals surface area (Å²) in [5.41, 5.74) is 1.56. The Morgan fingerprint density at radius 3 is 2.52 bits per heavy atom. The van der Waals surface area contributed by atoms with Crippen molar-refractivity contribution in [3.8, 4) is 11.5 Å². The van der Waals surface area contributed by atoms with E-state index in [-0.39, 0.29) is 5.91 Å². The molecule has 1 heterocycles. The van der Waals surface area contributed by atoms with E-state index in [1.54, 1.807) is 39.6 Å². The maximum absolute atomic E-state index is 11.9. The van der Waals surface area contributed by atoms with Crippen molar-refractivity contribution in [3.05, 3.63) is 53.9 Å². The van der Waals surface area contributed by atoms with Crippen LogP contribution in [0, 0.1) is 0 Å². The number of methoxy groups -OCH3 is 2. The number of benzene rings is 1. The summed E-state index contributed by atoms with van der Waals surface area (Å²) >= 11 is 0. The Kier molecular flexibility index (Phi) is 7.90. The summed E-state index contributed by atoms with van der Waals surface area (Å²) in [5, 5.41) is 9.19. The van der Waals surface area contributed by atoms with Crippen LogP contribution in [0.1, 0.15) is 15.9 Å². The smallest absolute Gasteiger partial charge is 0.252 e. The van der Waals surface area contributed by atoms with Crippen LogP contribution in [0.25, 0.3) is 0 Å². The quantitative estimate of drug-likeness (QED) is 0.366. The van der Waals surface area contributed by atoms with E-state index < -0.39 is 0 Å². The van der Waals surface area contributed by atoms with Gasteiger partial charge in [-0.1, -0.05) is 6.07 Å². The highest BCUT2D eigenvalue weighted by Crippen LogP contribution is 2.27. The van der Waals surface area contributed by atoms with E-state index in [2.05, 4.69) is 25.9 Å². The predicted octanol–water partition coefficient (Wildman–Crippen LogP) is 1.19. The van der Waals surface area contributed by atoms with Gasteiger partial charge in [-0.2, -0.15) is 0 Å². The fourth-order valence-electron chi connectivity index (χ4n) is 2.35. The van der Waals surface area contributed by atoms with Crippen LogP contribution in [0.15, 0.2) is 47.7 Å². The van der Waals surface area contributed by atoms with Gasteiger partial charge >= 0.3 is 0 Å². The van der Waals surface area contributed by atoms with Crippen molar-refractivity contribution in [2.45, 2.75) is 6.54 Å². The standard InChI is InChI=1S/C19H25N5O3/c1-20-19(23-10-9-22-18(25)15-5-4-8-21-13-15)24-12-14-6-7-16(26-2)17(11-14)27-3/h4-8,11,13H,9-10,12H2,1-3H3,(H,22,25)(H2,20,23,24). The van der Waals surface area contributed by atoms with Gasteiger partial charge in [0.15, 0.2) is 17.5 Å². The maximum Gasteiger partial charge on any atom is 0.252 e. The number of nitrogens with one attached hydrogen (secondary N) is 3. The Morgan fingerprint density at radius 1 is 1.07 bits per heavy atom. The monoisotopic (exact) mass is 371 g/mol. The lowest BCUT2D eigenvalue weighted by atomic mass is 10.2. The van der Waals surface area contributed by atoms with E-state index >= 15 is 0 Å². The molecular formula is C19H25N5O3. The fourth-order valence-corrected chi connectivity index (χ4v) is 2.35. The van der Waals surface area contributed by atoms with Crippen molar-refractivity contribution >= 4 is 11.9 Å². The van der Waals surface area contributed by atoms with Crippen LogP contribution in [0.2, 0.25) is 0 Å². The Balaban J connectivity index is 1.75. The second-order valence-electron chi connectivity index (χ2n) is 5.54. The first-order valence-electron chi connectivity index (χ1n) is 8.51. The summed E-state index contributed by atoms with van der Waals surface area (Å²) in [6.07, 6.45) is 3.17. The van der Waals surface area contributed by atoms with Crippen molar-refractivity contribution in [3.63, 3.8) is 0 Å². The molecule has 1 aromatic heterocycles. The summed E-state index contributed by atoms with van der Waals surface area (Å²) in [5.74, 6) is 1.85. The zero-order valence-electron chi connectivity index (χ0n) is 15.8. The molecule has 27 heavy (non-hydrogen) atoms. The second kappa shape index (κ2) is 10.6. The average molecular weight is 371 g/mol. The Labute approximate surface area is 159 Å². The SMILES string of the molecule is CN=C(NCCNC(=O)c1cccnc1)NCc1ccc(OC)c(OC)c1. The van der Waals surface area contributed by atoms with Gasteiger partial charge in [0.1, 0.15) is 0 Å². The molecule has 3 N–H and O–H groups in total. The number of guanidine groups is 1. The molecule has 0 unspecified atom stereocenters. The molecule has 144 valence electrons. The molecule has 0 saturated carbocycles. The molecule has 0 aliphatic carbocycles. The molecule has 0 radical (unpaired) electrons. The van der Waals surface area contributed by atoms with Gasteiger partial charge in [0.05, 0.1) is 19.8 Å². The van der Waals surface area contributed by atoms with E-state index in [1.165, 1.54) is 6.20 Å². The normalized spacial score (nSPS) is 10.9. The van der Waals surface area contributed by atoms with Crippen LogP contribution in [0.3, 0.4) is 0 Å². The van der Waals surface area contributed by atoms with E-state index in [9.17, 15) is 4.79 Å². The summed E-state index contributed by atoms with van der Waals surface area (Å²) in [7, 11) is 4.90. The van der Waals surface area contributed by atoms with Gasteiger partial charge in [0.25, 0.3) is 5.91 Å². The van der Waals surface area contributed by atoms with Gasteiger partial charge < -0.3 is 25.4 Å². The lowest BCUT2D eigenvalue weighted by molar-refractivity contribution is 0.0954. The van der Waals surface area contributed by atoms with E-state index in [4.69, 9.17) is 9.47 Å². The minimum atomic E-state index is -0.154. The van der Waals surface area contributed by atoms with Gasteiger partial charge in [0.2, 0.25) is 0 Å². The molecule has 0 atom stereocenters. The molecule has 0 fully saturated rings. The molecule has 0 saturated heterocycles. The Hall–Kier alpha value is -3.29. The van der Waals surface area contributed by atoms with Crippen molar-refractivity contribution in [1.29, 1.82) is 0 Å². The van der Waals surface area contributed by atoms with Gasteiger partial charge in [-0.05, 0) is 29.8 Å². The number of nitrogens with zero attached hydrogens (tertiary/aromatic N) is 2. The number of aliphatic imine (C=N–C) groups is 1. The zero-order chi connectivity index (χ0) is 19.5. The van der Waals surface area contributed by atoms with Gasteiger partial charge in [-0.15, -0.1) is 0 Å². The first-order valence-corrected chi connectivity index (χ1v) is 8.51. The first kappa shape index (κ1) is 20.0. The summed E-state index contributed by atoms with van der Waals surface area (Å²) in [4.78, 5) is 20.0. The van der Waals surface area contributed by atoms with Crippen molar-refractivity contribution in [2.24, 2.45) is 4.99 Å². The van der Waals surface area contributed by atoms with E-state index in [1.807, 2.05) is 18.2 Å². The summed E-state index contributed by atoms with van der Waals surface area (Å²) < 4.78 is 10.5. The molecule has 1 amide bonds. The topological polar surface area (TPSA) is 96.9 Å². The second-order valence-corrected chi connectivity index (χ2v) is 5.54. The van der Waals surface area contributed by atoms with Crippen LogP contribution >= 0.6 is 0 Å². The highest BCUT2D eigenvalue weighted by Gasteiger charge is 2.06. The molecule has 1 aromatic carbocycles. The lowest BCUT2D eigenvalue weighted by Crippen LogP contribution is -2.41. The van der Waals surface area contributed by atoms with Gasteiger partial charge in [0, 0.05) is 39.1 Å². The summed E-state index contributed by atoms with van der Waals surface area (Å²) in [6, 6.07) is 9.18. The molecule has 2 rings (SSSR count). The summed E-state index contributed by atoms with van der Waals surface area (Å²) in [6.45, 7) is 1.57. The van der Waals surface area contributed by atoms with Crippen molar-refractivity contribution in [1.82, 2.24) is 20.9 Å². The molecular weight excluding hydrogens is 346 g/mol. The van der Waals surface area contributed by atoms with E-state index in [0.29, 0.717) is 42.7 Å². The maximum atomic E-state index is 11.9. The van der Waals surface area contributed by atoms with Crippen LogP contribution in [-0.4, -0.2) is 51.2 Å². The number of aromatic nitrogens is 1. The molecule has 8 heteroatoms. The number of ether oxygens (including phenoxy) is 2. The third-order valence-corrected chi connectivity index (χ3v) is 3.76. The fraction of sp³-hybridized carbons (Fsp3) is 0.316. The van der Waals surface area contributed by atoms with Crippen molar-refractivity contribution in [2.75, 3.05) is 34.4 Å². The van der Waals surface area contributed by atoms with Gasteiger partial charge in [-0.25, -0.2) is 0 Å². The molecule has 0 spiro atoms. The largest absolute Gasteiger partial charge is 0.493 e. The predicted molar refractivity (Wildman–Crippen MR) is 104 cm³/mol. The van der Waals surface area contributed by atoms with Crippen LogP contribution < -0.4 is 25.4 Å². The number of pyridine rings is 1. The van der Waals surface area contributed by atoms with Gasteiger partial charge in [-0.3, -0.25) is 14.8 Å². The minimum absolute atomic E-state index is 0.154. The highest BCUT2D eigenvalue weighted by atomic mass is 16.5. The average Bonchev–Trinajstić information content (AvgIpc) is 2.73. The Morgan fingerprint density at radius 2 is 1.85 bits per heavy atom. The number of carbonyl (C=O) groups is 1. The number of carbonyl (C=O) groups excluding carboxylic acids is 1. The van der Waals surface area contributed by atoms with Crippen LogP contribution in [0.5, 0.6) is 11.5 Å². The molecule has 8 nitrogen and oxygen atoms in total. The zero-order valence-corrected chi connectivity index (χ0v) is 15.8.